The summed E-state index contributed by atoms with van der Waals surface area (Å²) in [6.45, 7) is 9.41. The Morgan fingerprint density at radius 2 is 2.06 bits per heavy atom. The molecule has 0 saturated heterocycles. The molecule has 0 spiro atoms. The van der Waals surface area contributed by atoms with Gasteiger partial charge in [0.25, 0.3) is 0 Å². The van der Waals surface area contributed by atoms with E-state index in [0.29, 0.717) is 19.3 Å². The van der Waals surface area contributed by atoms with Crippen LogP contribution >= 0.6 is 11.3 Å². The van der Waals surface area contributed by atoms with Gasteiger partial charge in [-0.2, -0.15) is 0 Å². The molecule has 1 rings (SSSR count). The molecule has 0 aliphatic rings. The van der Waals surface area contributed by atoms with Gasteiger partial charge < -0.3 is 14.8 Å². The molecular formula is C13H24N2O2S. The smallest absolute Gasteiger partial charge is 0.0900 e. The van der Waals surface area contributed by atoms with Gasteiger partial charge in [-0.25, -0.2) is 4.98 Å². The molecule has 1 atom stereocenters. The number of ether oxygens (including phenoxy) is 2. The lowest BCUT2D eigenvalue weighted by atomic mass is 10.2. The first kappa shape index (κ1) is 15.6. The first-order valence-electron chi connectivity index (χ1n) is 6.39. The van der Waals surface area contributed by atoms with Crippen LogP contribution < -0.4 is 5.32 Å². The van der Waals surface area contributed by atoms with Crippen molar-refractivity contribution in [1.82, 2.24) is 10.3 Å². The summed E-state index contributed by atoms with van der Waals surface area (Å²) in [6, 6.07) is 0.314. The van der Waals surface area contributed by atoms with Crippen molar-refractivity contribution in [3.8, 4) is 0 Å². The molecule has 0 aliphatic heterocycles. The normalized spacial score (nSPS) is 12.9. The van der Waals surface area contributed by atoms with Crippen LogP contribution in [-0.2, 0) is 9.47 Å². The van der Waals surface area contributed by atoms with Crippen molar-refractivity contribution >= 4 is 11.3 Å². The van der Waals surface area contributed by atoms with Crippen molar-refractivity contribution in [3.05, 3.63) is 15.6 Å². The van der Waals surface area contributed by atoms with Crippen molar-refractivity contribution in [2.24, 2.45) is 0 Å². The minimum Gasteiger partial charge on any atom is -0.382 e. The second kappa shape index (κ2) is 8.58. The van der Waals surface area contributed by atoms with Crippen molar-refractivity contribution in [3.63, 3.8) is 0 Å². The molecule has 0 saturated carbocycles. The molecule has 4 nitrogen and oxygen atoms in total. The molecule has 1 aromatic heterocycles. The maximum Gasteiger partial charge on any atom is 0.0900 e. The Kier molecular flexibility index (Phi) is 7.42. The van der Waals surface area contributed by atoms with Crippen LogP contribution in [0.1, 0.15) is 35.0 Å². The molecule has 104 valence electrons. The summed E-state index contributed by atoms with van der Waals surface area (Å²) in [5.41, 5.74) is 1.18. The van der Waals surface area contributed by atoms with Crippen LogP contribution in [0.25, 0.3) is 0 Å². The van der Waals surface area contributed by atoms with Gasteiger partial charge in [-0.1, -0.05) is 0 Å². The molecule has 0 bridgehead atoms. The van der Waals surface area contributed by atoms with Crippen LogP contribution in [0.5, 0.6) is 0 Å². The van der Waals surface area contributed by atoms with Crippen LogP contribution in [0, 0.1) is 13.8 Å². The van der Waals surface area contributed by atoms with E-state index in [4.69, 9.17) is 9.47 Å². The Morgan fingerprint density at radius 1 is 1.28 bits per heavy atom. The quantitative estimate of drug-likeness (QED) is 0.701. The summed E-state index contributed by atoms with van der Waals surface area (Å²) in [5.74, 6) is 0. The summed E-state index contributed by atoms with van der Waals surface area (Å²) in [5, 5.41) is 4.61. The summed E-state index contributed by atoms with van der Waals surface area (Å²) in [6.07, 6.45) is 1.01. The number of nitrogens with zero attached hydrogens (tertiary/aromatic N) is 1. The second-order valence-electron chi connectivity index (χ2n) is 4.31. The molecule has 0 amide bonds. The fraction of sp³-hybridized carbons (Fsp3) is 0.769. The zero-order valence-electron chi connectivity index (χ0n) is 11.8. The largest absolute Gasteiger partial charge is 0.382 e. The second-order valence-corrected chi connectivity index (χ2v) is 5.72. The van der Waals surface area contributed by atoms with Gasteiger partial charge in [0.15, 0.2) is 0 Å². The zero-order chi connectivity index (χ0) is 13.4. The van der Waals surface area contributed by atoms with Gasteiger partial charge in [0.2, 0.25) is 0 Å². The highest BCUT2D eigenvalue weighted by atomic mass is 32.1. The number of nitrogens with one attached hydrogen (secondary N) is 1. The predicted molar refractivity (Wildman–Crippen MR) is 75.3 cm³/mol. The van der Waals surface area contributed by atoms with Gasteiger partial charge in [-0.15, -0.1) is 11.3 Å². The third-order valence-electron chi connectivity index (χ3n) is 2.70. The molecular weight excluding hydrogens is 248 g/mol. The highest BCUT2D eigenvalue weighted by Gasteiger charge is 2.11. The number of aryl methyl sites for hydroxylation is 2. The van der Waals surface area contributed by atoms with Crippen molar-refractivity contribution < 1.29 is 9.47 Å². The average Bonchev–Trinajstić information content (AvgIpc) is 2.67. The summed E-state index contributed by atoms with van der Waals surface area (Å²) >= 11 is 1.76. The Balaban J connectivity index is 2.14. The average molecular weight is 272 g/mol. The number of rotatable bonds is 9. The summed E-state index contributed by atoms with van der Waals surface area (Å²) < 4.78 is 10.3. The van der Waals surface area contributed by atoms with Crippen LogP contribution in [0.15, 0.2) is 0 Å². The molecule has 5 heteroatoms. The lowest BCUT2D eigenvalue weighted by Gasteiger charge is -2.12. The van der Waals surface area contributed by atoms with Gasteiger partial charge >= 0.3 is 0 Å². The molecule has 1 heterocycles. The zero-order valence-corrected chi connectivity index (χ0v) is 12.6. The van der Waals surface area contributed by atoms with Crippen LogP contribution in [0.4, 0.5) is 0 Å². The third-order valence-corrected chi connectivity index (χ3v) is 3.60. The van der Waals surface area contributed by atoms with E-state index in [-0.39, 0.29) is 0 Å². The molecule has 0 aromatic carbocycles. The van der Waals surface area contributed by atoms with Gasteiger partial charge in [-0.05, 0) is 33.7 Å². The first-order chi connectivity index (χ1) is 8.65. The molecule has 0 radical (unpaired) electrons. The van der Waals surface area contributed by atoms with E-state index in [9.17, 15) is 0 Å². The molecule has 18 heavy (non-hydrogen) atoms. The van der Waals surface area contributed by atoms with Crippen molar-refractivity contribution in [1.29, 1.82) is 0 Å². The number of aromatic nitrogens is 1. The third kappa shape index (κ3) is 5.44. The topological polar surface area (TPSA) is 43.4 Å². The van der Waals surface area contributed by atoms with Gasteiger partial charge in [0.05, 0.1) is 23.9 Å². The first-order valence-corrected chi connectivity index (χ1v) is 7.20. The monoisotopic (exact) mass is 272 g/mol. The van der Waals surface area contributed by atoms with Gasteiger partial charge in [-0.3, -0.25) is 0 Å². The van der Waals surface area contributed by atoms with E-state index in [0.717, 1.165) is 24.6 Å². The van der Waals surface area contributed by atoms with Crippen LogP contribution in [0.2, 0.25) is 0 Å². The van der Waals surface area contributed by atoms with E-state index < -0.39 is 0 Å². The highest BCUT2D eigenvalue weighted by molar-refractivity contribution is 7.11. The molecule has 0 fully saturated rings. The van der Waals surface area contributed by atoms with Crippen LogP contribution in [-0.4, -0.2) is 38.5 Å². The fourth-order valence-electron chi connectivity index (χ4n) is 1.78. The minimum atomic E-state index is 0.314. The van der Waals surface area contributed by atoms with Gasteiger partial charge in [0.1, 0.15) is 0 Å². The summed E-state index contributed by atoms with van der Waals surface area (Å²) in [4.78, 5) is 5.87. The van der Waals surface area contributed by atoms with E-state index in [1.54, 1.807) is 18.4 Å². The maximum atomic E-state index is 5.41. The number of hydrogen-bond donors (Lipinski definition) is 1. The Morgan fingerprint density at radius 3 is 2.67 bits per heavy atom. The van der Waals surface area contributed by atoms with Crippen molar-refractivity contribution in [2.75, 3.05) is 33.5 Å². The number of hydrogen-bond acceptors (Lipinski definition) is 5. The maximum absolute atomic E-state index is 5.41. The molecule has 0 aliphatic carbocycles. The van der Waals surface area contributed by atoms with Crippen LogP contribution in [0.3, 0.4) is 0 Å². The Bertz CT molecular complexity index is 342. The Hall–Kier alpha value is -0.490. The summed E-state index contributed by atoms with van der Waals surface area (Å²) in [7, 11) is 1.69. The SMILES string of the molecule is COCCOCCCNC(C)c1nc(C)sc1C. The minimum absolute atomic E-state index is 0.314. The Labute approximate surface area is 114 Å². The standard InChI is InChI=1S/C13H24N2O2S/c1-10(13-11(2)18-12(3)15-13)14-6-5-7-17-9-8-16-4/h10,14H,5-9H2,1-4H3. The predicted octanol–water partition coefficient (Wildman–Crippen LogP) is 2.46. The fourth-order valence-corrected chi connectivity index (χ4v) is 2.69. The number of methoxy groups -OCH3 is 1. The molecule has 1 N–H and O–H groups in total. The van der Waals surface area contributed by atoms with E-state index in [1.165, 1.54) is 10.6 Å². The lowest BCUT2D eigenvalue weighted by molar-refractivity contribution is 0.0693. The van der Waals surface area contributed by atoms with Gasteiger partial charge in [0, 0.05) is 24.6 Å². The number of thiazole rings is 1. The molecule has 1 aromatic rings. The van der Waals surface area contributed by atoms with E-state index in [1.807, 2.05) is 0 Å². The highest BCUT2D eigenvalue weighted by Crippen LogP contribution is 2.22. The van der Waals surface area contributed by atoms with E-state index >= 15 is 0 Å². The van der Waals surface area contributed by atoms with E-state index in [2.05, 4.69) is 31.1 Å². The van der Waals surface area contributed by atoms with Crippen molar-refractivity contribution in [2.45, 2.75) is 33.2 Å². The molecule has 1 unspecified atom stereocenters. The lowest BCUT2D eigenvalue weighted by Crippen LogP contribution is -2.22.